The van der Waals surface area contributed by atoms with Crippen molar-refractivity contribution in [3.8, 4) is 0 Å². The first-order chi connectivity index (χ1) is 22.7. The Bertz CT molecular complexity index is 626. The minimum atomic E-state index is -0.413. The smallest absolute Gasteiger partial charge is 0.333 e. The summed E-state index contributed by atoms with van der Waals surface area (Å²) in [6.45, 7) is 19.8. The van der Waals surface area contributed by atoms with Gasteiger partial charge >= 0.3 is 5.97 Å². The van der Waals surface area contributed by atoms with Gasteiger partial charge in [-0.05, 0) is 13.3 Å². The highest BCUT2D eigenvalue weighted by atomic mass is 16.6. The van der Waals surface area contributed by atoms with E-state index in [4.69, 9.17) is 61.6 Å². The van der Waals surface area contributed by atoms with Crippen LogP contribution in [0.4, 0.5) is 0 Å². The number of hydrogen-bond donors (Lipinski definition) is 0. The molecule has 46 heavy (non-hydrogen) atoms. The number of hydrogen-bond acceptors (Lipinski definition) is 14. The van der Waals surface area contributed by atoms with Crippen molar-refractivity contribution in [3.05, 3.63) is 12.2 Å². The van der Waals surface area contributed by atoms with E-state index in [1.54, 1.807) is 6.92 Å². The summed E-state index contributed by atoms with van der Waals surface area (Å²) in [5.74, 6) is -0.413. The van der Waals surface area contributed by atoms with Crippen LogP contribution in [0.15, 0.2) is 12.2 Å². The number of carbonyl (C=O) groups excluding carboxylic acids is 1. The zero-order valence-electron chi connectivity index (χ0n) is 28.5. The third-order valence-corrected chi connectivity index (χ3v) is 5.54. The average molecular weight is 671 g/mol. The molecule has 14 heteroatoms. The molecule has 0 aliphatic rings. The largest absolute Gasteiger partial charge is 0.460 e. The lowest BCUT2D eigenvalue weighted by Gasteiger charge is -2.09. The summed E-state index contributed by atoms with van der Waals surface area (Å²) in [5.41, 5.74) is 0.370. The third-order valence-electron chi connectivity index (χ3n) is 5.54. The first kappa shape index (κ1) is 44.7. The van der Waals surface area contributed by atoms with Gasteiger partial charge in [0.25, 0.3) is 0 Å². The molecule has 0 fully saturated rings. The van der Waals surface area contributed by atoms with Crippen molar-refractivity contribution in [2.24, 2.45) is 0 Å². The molecular weight excluding hydrogens is 608 g/mol. The Balaban J connectivity index is 3.06. The monoisotopic (exact) mass is 670 g/mol. The Morgan fingerprint density at radius 1 is 0.370 bits per heavy atom. The molecule has 0 saturated heterocycles. The fraction of sp³-hybridized carbons (Fsp3) is 0.906. The zero-order valence-corrected chi connectivity index (χ0v) is 28.5. The summed E-state index contributed by atoms with van der Waals surface area (Å²) in [6.07, 6.45) is 2.23. The van der Waals surface area contributed by atoms with E-state index in [0.29, 0.717) is 158 Å². The van der Waals surface area contributed by atoms with Crippen LogP contribution in [0.5, 0.6) is 0 Å². The topological polar surface area (TPSA) is 137 Å². The quantitative estimate of drug-likeness (QED) is 0.0535. The van der Waals surface area contributed by atoms with Crippen molar-refractivity contribution in [1.29, 1.82) is 0 Å². The first-order valence-electron chi connectivity index (χ1n) is 16.4. The SMILES string of the molecule is C=C(C)C(=O)OCCOCCOCCOCCOCCOCCOCCOCCOCCOCCOCCOCCOCCCC. The predicted molar refractivity (Wildman–Crippen MR) is 171 cm³/mol. The summed E-state index contributed by atoms with van der Waals surface area (Å²) in [4.78, 5) is 11.2. The number of rotatable bonds is 40. The Labute approximate surface area is 276 Å². The van der Waals surface area contributed by atoms with Crippen LogP contribution in [0.25, 0.3) is 0 Å². The van der Waals surface area contributed by atoms with E-state index in [0.717, 1.165) is 19.4 Å². The molecule has 0 bridgehead atoms. The second-order valence-corrected chi connectivity index (χ2v) is 9.62. The Morgan fingerprint density at radius 3 is 0.761 bits per heavy atom. The van der Waals surface area contributed by atoms with Crippen molar-refractivity contribution in [3.63, 3.8) is 0 Å². The van der Waals surface area contributed by atoms with Gasteiger partial charge in [-0.15, -0.1) is 0 Å². The molecule has 0 radical (unpaired) electrons. The number of carbonyl (C=O) groups is 1. The van der Waals surface area contributed by atoms with Crippen LogP contribution < -0.4 is 0 Å². The minimum absolute atomic E-state index is 0.199. The molecule has 0 heterocycles. The maximum absolute atomic E-state index is 11.2. The van der Waals surface area contributed by atoms with E-state index in [-0.39, 0.29) is 6.61 Å². The standard InChI is InChI=1S/C32H62O14/c1-4-5-6-34-7-8-35-9-10-36-11-12-37-13-14-38-15-16-39-17-18-40-19-20-41-21-22-42-23-24-43-25-26-44-27-28-45-29-30-46-32(33)31(2)3/h2,4-30H2,1,3H3. The molecule has 0 saturated carbocycles. The highest BCUT2D eigenvalue weighted by Gasteiger charge is 2.02. The van der Waals surface area contributed by atoms with E-state index in [2.05, 4.69) is 13.5 Å². The Hall–Kier alpha value is -1.27. The van der Waals surface area contributed by atoms with Gasteiger partial charge in [0.15, 0.2) is 0 Å². The van der Waals surface area contributed by atoms with Crippen LogP contribution in [0.2, 0.25) is 0 Å². The molecule has 0 atom stereocenters. The summed E-state index contributed by atoms with van der Waals surface area (Å²) in [6, 6.07) is 0. The lowest BCUT2D eigenvalue weighted by molar-refractivity contribution is -0.140. The van der Waals surface area contributed by atoms with Gasteiger partial charge < -0.3 is 61.6 Å². The normalized spacial score (nSPS) is 11.3. The second-order valence-electron chi connectivity index (χ2n) is 9.62. The van der Waals surface area contributed by atoms with E-state index in [1.165, 1.54) is 0 Å². The molecule has 14 nitrogen and oxygen atoms in total. The molecule has 0 rings (SSSR count). The lowest BCUT2D eigenvalue weighted by Crippen LogP contribution is -2.16. The summed E-state index contributed by atoms with van der Waals surface area (Å²) < 4.78 is 70.2. The Kier molecular flexibility index (Phi) is 38.8. The third kappa shape index (κ3) is 38.9. The maximum Gasteiger partial charge on any atom is 0.333 e. The molecule has 0 amide bonds. The average Bonchev–Trinajstić information content (AvgIpc) is 3.05. The van der Waals surface area contributed by atoms with Crippen molar-refractivity contribution < 1.29 is 66.4 Å². The van der Waals surface area contributed by atoms with Crippen LogP contribution in [0, 0.1) is 0 Å². The highest BCUT2D eigenvalue weighted by molar-refractivity contribution is 5.86. The van der Waals surface area contributed by atoms with Gasteiger partial charge in [-0.1, -0.05) is 19.9 Å². The van der Waals surface area contributed by atoms with Crippen LogP contribution in [-0.4, -0.2) is 171 Å². The van der Waals surface area contributed by atoms with E-state index >= 15 is 0 Å². The minimum Gasteiger partial charge on any atom is -0.460 e. The first-order valence-corrected chi connectivity index (χ1v) is 16.4. The molecule has 0 aliphatic carbocycles. The van der Waals surface area contributed by atoms with Gasteiger partial charge in [-0.2, -0.15) is 0 Å². The fourth-order valence-corrected chi connectivity index (χ4v) is 3.08. The maximum atomic E-state index is 11.2. The van der Waals surface area contributed by atoms with Crippen LogP contribution in [-0.2, 0) is 66.4 Å². The molecule has 0 spiro atoms. The second kappa shape index (κ2) is 39.9. The van der Waals surface area contributed by atoms with Gasteiger partial charge in [0.1, 0.15) is 6.61 Å². The molecule has 0 N–H and O–H groups in total. The summed E-state index contributed by atoms with van der Waals surface area (Å²) in [7, 11) is 0. The van der Waals surface area contributed by atoms with Crippen molar-refractivity contribution in [2.45, 2.75) is 26.7 Å². The predicted octanol–water partition coefficient (Wildman–Crippen LogP) is 2.11. The number of esters is 1. The molecule has 0 aromatic heterocycles. The molecule has 0 aromatic rings. The van der Waals surface area contributed by atoms with Gasteiger partial charge in [-0.25, -0.2) is 4.79 Å². The van der Waals surface area contributed by atoms with Crippen molar-refractivity contribution in [1.82, 2.24) is 0 Å². The van der Waals surface area contributed by atoms with Crippen LogP contribution >= 0.6 is 0 Å². The van der Waals surface area contributed by atoms with Crippen molar-refractivity contribution in [2.75, 3.05) is 165 Å². The fourth-order valence-electron chi connectivity index (χ4n) is 3.08. The van der Waals surface area contributed by atoms with E-state index in [9.17, 15) is 4.79 Å². The van der Waals surface area contributed by atoms with Crippen LogP contribution in [0.1, 0.15) is 26.7 Å². The number of unbranched alkanes of at least 4 members (excludes halogenated alkanes) is 1. The summed E-state index contributed by atoms with van der Waals surface area (Å²) >= 11 is 0. The Morgan fingerprint density at radius 2 is 0.565 bits per heavy atom. The van der Waals surface area contributed by atoms with Gasteiger partial charge in [-0.3, -0.25) is 0 Å². The molecule has 0 aromatic carbocycles. The van der Waals surface area contributed by atoms with E-state index in [1.807, 2.05) is 0 Å². The number of ether oxygens (including phenoxy) is 13. The molecule has 0 unspecified atom stereocenters. The molecular formula is C32H62O14. The van der Waals surface area contributed by atoms with Gasteiger partial charge in [0, 0.05) is 12.2 Å². The summed E-state index contributed by atoms with van der Waals surface area (Å²) in [5, 5.41) is 0. The van der Waals surface area contributed by atoms with Gasteiger partial charge in [0.2, 0.25) is 0 Å². The van der Waals surface area contributed by atoms with Crippen molar-refractivity contribution >= 4 is 5.97 Å². The highest BCUT2D eigenvalue weighted by Crippen LogP contribution is 1.92. The molecule has 0 aliphatic heterocycles. The van der Waals surface area contributed by atoms with Crippen LogP contribution in [0.3, 0.4) is 0 Å². The van der Waals surface area contributed by atoms with Gasteiger partial charge in [0.05, 0.1) is 152 Å². The molecule has 274 valence electrons. The van der Waals surface area contributed by atoms with E-state index < -0.39 is 5.97 Å². The lowest BCUT2D eigenvalue weighted by atomic mass is 10.4. The zero-order chi connectivity index (χ0) is 33.4.